The molecule has 0 saturated carbocycles. The van der Waals surface area contributed by atoms with Crippen LogP contribution in [0.3, 0.4) is 0 Å². The van der Waals surface area contributed by atoms with Crippen LogP contribution in [0.25, 0.3) is 0 Å². The maximum absolute atomic E-state index is 12.5. The number of ether oxygens (including phenoxy) is 1. The van der Waals surface area contributed by atoms with Gasteiger partial charge in [0.25, 0.3) is 0 Å². The van der Waals surface area contributed by atoms with Gasteiger partial charge in [0, 0.05) is 51.9 Å². The monoisotopic (exact) mass is 421 g/mol. The summed E-state index contributed by atoms with van der Waals surface area (Å²) >= 11 is 0. The van der Waals surface area contributed by atoms with Crippen molar-refractivity contribution in [2.75, 3.05) is 44.8 Å². The molecule has 164 valence electrons. The molecule has 0 spiro atoms. The molecule has 0 aliphatic carbocycles. The number of anilines is 1. The Labute approximate surface area is 184 Å². The zero-order valence-corrected chi connectivity index (χ0v) is 18.1. The van der Waals surface area contributed by atoms with Crippen molar-refractivity contribution in [3.63, 3.8) is 0 Å². The normalized spacial score (nSPS) is 20.2. The van der Waals surface area contributed by atoms with Crippen molar-refractivity contribution in [2.45, 2.75) is 25.6 Å². The third-order valence-corrected chi connectivity index (χ3v) is 5.82. The van der Waals surface area contributed by atoms with Crippen molar-refractivity contribution < 1.29 is 9.53 Å². The number of carbonyl (C=O) groups is 1. The fourth-order valence-corrected chi connectivity index (χ4v) is 4.11. The van der Waals surface area contributed by atoms with Crippen LogP contribution >= 0.6 is 0 Å². The molecule has 1 amide bonds. The molecule has 2 aliphatic heterocycles. The van der Waals surface area contributed by atoms with Crippen molar-refractivity contribution in [1.82, 2.24) is 15.5 Å². The summed E-state index contributed by atoms with van der Waals surface area (Å²) in [5.41, 5.74) is 3.51. The van der Waals surface area contributed by atoms with E-state index in [2.05, 4.69) is 44.8 Å². The van der Waals surface area contributed by atoms with Crippen molar-refractivity contribution >= 4 is 17.6 Å². The molecule has 2 saturated heterocycles. The minimum atomic E-state index is 0.0301. The second kappa shape index (κ2) is 10.4. The molecule has 2 heterocycles. The fraction of sp³-hybridized carbons (Fsp3) is 0.417. The van der Waals surface area contributed by atoms with Gasteiger partial charge in [-0.2, -0.15) is 0 Å². The lowest BCUT2D eigenvalue weighted by Gasteiger charge is -2.27. The molecule has 1 unspecified atom stereocenters. The lowest BCUT2D eigenvalue weighted by atomic mass is 10.1. The number of morpholine rings is 1. The van der Waals surface area contributed by atoms with Crippen LogP contribution in [0.15, 0.2) is 59.6 Å². The van der Waals surface area contributed by atoms with E-state index in [4.69, 9.17) is 4.74 Å². The number of benzene rings is 2. The number of carbonyl (C=O) groups excluding carboxylic acids is 1. The summed E-state index contributed by atoms with van der Waals surface area (Å²) in [4.78, 5) is 21.1. The van der Waals surface area contributed by atoms with Crippen molar-refractivity contribution in [3.05, 3.63) is 65.7 Å². The number of amides is 1. The van der Waals surface area contributed by atoms with Gasteiger partial charge in [-0.1, -0.05) is 42.5 Å². The zero-order chi connectivity index (χ0) is 21.5. The van der Waals surface area contributed by atoms with Gasteiger partial charge >= 0.3 is 0 Å². The molecule has 7 nitrogen and oxygen atoms in total. The Morgan fingerprint density at radius 2 is 1.77 bits per heavy atom. The maximum Gasteiger partial charge on any atom is 0.229 e. The SMILES string of the molecule is CN=C(NCc1ccccc1CN1CCOCC1)NC1CC(=O)N(c2ccccc2)C1. The number of nitrogens with zero attached hydrogens (tertiary/aromatic N) is 3. The molecule has 7 heteroatoms. The predicted molar refractivity (Wildman–Crippen MR) is 123 cm³/mol. The smallest absolute Gasteiger partial charge is 0.229 e. The summed E-state index contributed by atoms with van der Waals surface area (Å²) in [6.07, 6.45) is 0.462. The van der Waals surface area contributed by atoms with Gasteiger partial charge < -0.3 is 20.3 Å². The van der Waals surface area contributed by atoms with Crippen molar-refractivity contribution in [3.8, 4) is 0 Å². The van der Waals surface area contributed by atoms with E-state index in [-0.39, 0.29) is 11.9 Å². The summed E-state index contributed by atoms with van der Waals surface area (Å²) in [5.74, 6) is 0.851. The Hall–Kier alpha value is -2.90. The highest BCUT2D eigenvalue weighted by molar-refractivity contribution is 5.97. The van der Waals surface area contributed by atoms with Gasteiger partial charge in [-0.15, -0.1) is 0 Å². The molecular weight excluding hydrogens is 390 g/mol. The highest BCUT2D eigenvalue weighted by Gasteiger charge is 2.31. The van der Waals surface area contributed by atoms with Gasteiger partial charge in [0.05, 0.1) is 19.3 Å². The first-order chi connectivity index (χ1) is 15.2. The summed E-state index contributed by atoms with van der Waals surface area (Å²) in [7, 11) is 1.76. The Morgan fingerprint density at radius 3 is 2.52 bits per heavy atom. The molecule has 4 rings (SSSR count). The molecule has 2 aromatic carbocycles. The van der Waals surface area contributed by atoms with E-state index in [0.717, 1.165) is 38.5 Å². The zero-order valence-electron chi connectivity index (χ0n) is 18.1. The number of para-hydroxylation sites is 1. The molecule has 31 heavy (non-hydrogen) atoms. The molecular formula is C24H31N5O2. The van der Waals surface area contributed by atoms with Crippen molar-refractivity contribution in [1.29, 1.82) is 0 Å². The van der Waals surface area contributed by atoms with Crippen LogP contribution in [0, 0.1) is 0 Å². The standard InChI is InChI=1S/C24H31N5O2/c1-25-24(27-21-15-23(30)29(18-21)22-9-3-2-4-10-22)26-16-19-7-5-6-8-20(19)17-28-11-13-31-14-12-28/h2-10,21H,11-18H2,1H3,(H2,25,26,27). The Bertz CT molecular complexity index is 896. The van der Waals surface area contributed by atoms with Gasteiger partial charge in [-0.3, -0.25) is 14.7 Å². The van der Waals surface area contributed by atoms with Crippen LogP contribution in [0.5, 0.6) is 0 Å². The molecule has 2 fully saturated rings. The van der Waals surface area contributed by atoms with E-state index in [1.807, 2.05) is 35.2 Å². The average Bonchev–Trinajstić information content (AvgIpc) is 3.18. The van der Waals surface area contributed by atoms with E-state index in [9.17, 15) is 4.79 Å². The van der Waals surface area contributed by atoms with E-state index in [0.29, 0.717) is 25.5 Å². The largest absolute Gasteiger partial charge is 0.379 e. The molecule has 2 aliphatic rings. The molecule has 0 aromatic heterocycles. The molecule has 0 bridgehead atoms. The minimum absolute atomic E-state index is 0.0301. The minimum Gasteiger partial charge on any atom is -0.379 e. The molecule has 2 aromatic rings. The number of rotatable bonds is 6. The molecule has 2 N–H and O–H groups in total. The quantitative estimate of drug-likeness (QED) is 0.552. The first-order valence-corrected chi connectivity index (χ1v) is 10.9. The van der Waals surface area contributed by atoms with Gasteiger partial charge in [0.1, 0.15) is 0 Å². The van der Waals surface area contributed by atoms with E-state index >= 15 is 0 Å². The summed E-state index contributed by atoms with van der Waals surface area (Å²) < 4.78 is 5.46. The Morgan fingerprint density at radius 1 is 1.06 bits per heavy atom. The van der Waals surface area contributed by atoms with Crippen LogP contribution in [0.1, 0.15) is 17.5 Å². The predicted octanol–water partition coefficient (Wildman–Crippen LogP) is 1.99. The highest BCUT2D eigenvalue weighted by Crippen LogP contribution is 2.21. The van der Waals surface area contributed by atoms with E-state index in [1.54, 1.807) is 7.05 Å². The summed E-state index contributed by atoms with van der Waals surface area (Å²) in [5, 5.41) is 6.84. The number of hydrogen-bond donors (Lipinski definition) is 2. The fourth-order valence-electron chi connectivity index (χ4n) is 4.11. The highest BCUT2D eigenvalue weighted by atomic mass is 16.5. The topological polar surface area (TPSA) is 69.2 Å². The second-order valence-corrected chi connectivity index (χ2v) is 7.97. The summed E-state index contributed by atoms with van der Waals surface area (Å²) in [6, 6.07) is 18.4. The van der Waals surface area contributed by atoms with Gasteiger partial charge in [-0.05, 0) is 23.3 Å². The van der Waals surface area contributed by atoms with Crippen LogP contribution in [0.4, 0.5) is 5.69 Å². The van der Waals surface area contributed by atoms with Gasteiger partial charge in [0.15, 0.2) is 5.96 Å². The van der Waals surface area contributed by atoms with Crippen LogP contribution in [-0.4, -0.2) is 62.7 Å². The lowest BCUT2D eigenvalue weighted by Crippen LogP contribution is -2.44. The van der Waals surface area contributed by atoms with E-state index < -0.39 is 0 Å². The third kappa shape index (κ3) is 5.62. The number of aliphatic imine (C=N–C) groups is 1. The van der Waals surface area contributed by atoms with Crippen molar-refractivity contribution in [2.24, 2.45) is 4.99 Å². The number of hydrogen-bond acceptors (Lipinski definition) is 4. The van der Waals surface area contributed by atoms with Crippen LogP contribution < -0.4 is 15.5 Å². The first kappa shape index (κ1) is 21.3. The van der Waals surface area contributed by atoms with Gasteiger partial charge in [-0.25, -0.2) is 0 Å². The Balaban J connectivity index is 1.33. The number of nitrogens with one attached hydrogen (secondary N) is 2. The summed E-state index contributed by atoms with van der Waals surface area (Å²) in [6.45, 7) is 5.79. The second-order valence-electron chi connectivity index (χ2n) is 7.97. The maximum atomic E-state index is 12.5. The van der Waals surface area contributed by atoms with E-state index in [1.165, 1.54) is 11.1 Å². The van der Waals surface area contributed by atoms with Gasteiger partial charge in [0.2, 0.25) is 5.91 Å². The lowest BCUT2D eigenvalue weighted by molar-refractivity contribution is -0.117. The molecule has 0 radical (unpaired) electrons. The van der Waals surface area contributed by atoms with Crippen LogP contribution in [0.2, 0.25) is 0 Å². The first-order valence-electron chi connectivity index (χ1n) is 10.9. The Kier molecular flexibility index (Phi) is 7.17. The van der Waals surface area contributed by atoms with Crippen LogP contribution in [-0.2, 0) is 22.6 Å². The third-order valence-electron chi connectivity index (χ3n) is 5.82. The molecule has 1 atom stereocenters. The average molecular weight is 422 g/mol. The number of guanidine groups is 1.